The highest BCUT2D eigenvalue weighted by Gasteiger charge is 2.29. The van der Waals surface area contributed by atoms with Gasteiger partial charge < -0.3 is 0 Å². The Labute approximate surface area is 290 Å². The van der Waals surface area contributed by atoms with E-state index in [1.54, 1.807) is 12.1 Å². The second-order valence-corrected chi connectivity index (χ2v) is 17.6. The fourth-order valence-corrected chi connectivity index (χ4v) is 12.4. The van der Waals surface area contributed by atoms with Gasteiger partial charge in [-0.05, 0) is 116 Å². The lowest BCUT2D eigenvalue weighted by molar-refractivity contribution is 0.513. The lowest BCUT2D eigenvalue weighted by Crippen LogP contribution is -1.82. The van der Waals surface area contributed by atoms with E-state index in [-0.39, 0.29) is 29.8 Å². The van der Waals surface area contributed by atoms with Crippen LogP contribution >= 0.6 is 68.0 Å². The van der Waals surface area contributed by atoms with Crippen molar-refractivity contribution >= 4 is 130 Å². The molecule has 0 unspecified atom stereocenters. The minimum absolute atomic E-state index is 0.0129. The highest BCUT2D eigenvalue weighted by atomic mass is 32.1. The summed E-state index contributed by atoms with van der Waals surface area (Å²) in [6.07, 6.45) is 0. The SMILES string of the molecule is Fc1cc2cc3cc4sc(-c5sc(-c6sc(-c7cc8cc9cc%10sc(F)cc%10cc9cc8s7)c(F)c6F)c(F)c5F)cc4cc3cc2s1. The molecule has 0 amide bonds. The highest BCUT2D eigenvalue weighted by molar-refractivity contribution is 7.30. The number of benzene rings is 4. The van der Waals surface area contributed by atoms with Gasteiger partial charge in [-0.15, -0.1) is 68.0 Å². The van der Waals surface area contributed by atoms with Crippen molar-refractivity contribution in [2.24, 2.45) is 0 Å². The number of thiophene rings is 6. The molecule has 10 aromatic rings. The van der Waals surface area contributed by atoms with E-state index in [9.17, 15) is 8.78 Å². The van der Waals surface area contributed by atoms with Gasteiger partial charge in [-0.25, -0.2) is 17.6 Å². The van der Waals surface area contributed by atoms with Crippen molar-refractivity contribution in [1.29, 1.82) is 0 Å². The van der Waals surface area contributed by atoms with E-state index in [0.29, 0.717) is 9.75 Å². The van der Waals surface area contributed by atoms with Crippen molar-refractivity contribution in [3.8, 4) is 29.3 Å². The van der Waals surface area contributed by atoms with Gasteiger partial charge in [0.1, 0.15) is 0 Å². The zero-order chi connectivity index (χ0) is 32.6. The van der Waals surface area contributed by atoms with Gasteiger partial charge in [-0.3, -0.25) is 0 Å². The van der Waals surface area contributed by atoms with Crippen LogP contribution in [0.4, 0.5) is 26.3 Å². The molecule has 0 radical (unpaired) electrons. The molecule has 10 rings (SSSR count). The lowest BCUT2D eigenvalue weighted by atomic mass is 10.1. The molecule has 0 saturated carbocycles. The molecule has 0 nitrogen and oxygen atoms in total. The zero-order valence-corrected chi connectivity index (χ0v) is 28.5. The molecular formula is C36H12F6S6. The Balaban J connectivity index is 1.05. The zero-order valence-electron chi connectivity index (χ0n) is 23.6. The van der Waals surface area contributed by atoms with E-state index < -0.39 is 23.3 Å². The van der Waals surface area contributed by atoms with Crippen LogP contribution in [-0.2, 0) is 0 Å². The van der Waals surface area contributed by atoms with Crippen LogP contribution < -0.4 is 0 Å². The molecule has 6 heterocycles. The van der Waals surface area contributed by atoms with E-state index in [2.05, 4.69) is 0 Å². The number of hydrogen-bond donors (Lipinski definition) is 0. The normalized spacial score (nSPS) is 12.4. The largest absolute Gasteiger partial charge is 0.202 e. The molecule has 6 aromatic heterocycles. The number of hydrogen-bond acceptors (Lipinski definition) is 6. The summed E-state index contributed by atoms with van der Waals surface area (Å²) in [5.74, 6) is -4.65. The summed E-state index contributed by atoms with van der Waals surface area (Å²) in [6.45, 7) is 0. The van der Waals surface area contributed by atoms with Gasteiger partial charge in [0.15, 0.2) is 33.5 Å². The first-order valence-corrected chi connectivity index (χ1v) is 19.2. The number of fused-ring (bicyclic) bond motifs is 6. The number of rotatable bonds is 3. The standard InChI is InChI=1S/C36H12F6S6/c37-27-11-19-3-15-5-21-17(1-13(15)7-23(19)45-27)9-25(43-21)33-29(39)31(41)35(47-33)36-32(42)30(40)34(48-36)26-10-18-2-14-8-24-20(12-28(38)46-24)4-16(14)6-22(18)44-26/h1-12H. The Morgan fingerprint density at radius 3 is 0.958 bits per heavy atom. The molecule has 0 N–H and O–H groups in total. The van der Waals surface area contributed by atoms with Gasteiger partial charge in [0, 0.05) is 28.6 Å². The second-order valence-electron chi connectivity index (χ2n) is 11.4. The smallest absolute Gasteiger partial charge is 0.179 e. The summed E-state index contributed by atoms with van der Waals surface area (Å²) in [6, 6.07) is 21.9. The second kappa shape index (κ2) is 10.4. The minimum atomic E-state index is -1.22. The molecule has 0 aliphatic heterocycles. The van der Waals surface area contributed by atoms with Crippen molar-refractivity contribution in [3.63, 3.8) is 0 Å². The first-order chi connectivity index (χ1) is 23.2. The van der Waals surface area contributed by atoms with Gasteiger partial charge in [-0.2, -0.15) is 8.78 Å². The minimum Gasteiger partial charge on any atom is -0.202 e. The fraction of sp³-hybridized carbons (Fsp3) is 0. The summed E-state index contributed by atoms with van der Waals surface area (Å²) in [7, 11) is 0. The topological polar surface area (TPSA) is 0 Å². The molecule has 0 spiro atoms. The molecule has 0 fully saturated rings. The van der Waals surface area contributed by atoms with Gasteiger partial charge in [0.2, 0.25) is 0 Å². The quantitative estimate of drug-likeness (QED) is 0.158. The third-order valence-corrected chi connectivity index (χ3v) is 15.2. The Kier molecular flexibility index (Phi) is 6.30. The van der Waals surface area contributed by atoms with Crippen molar-refractivity contribution in [3.05, 3.63) is 106 Å². The number of halogens is 6. The molecule has 4 aromatic carbocycles. The van der Waals surface area contributed by atoms with Crippen LogP contribution in [0.3, 0.4) is 0 Å². The highest BCUT2D eigenvalue weighted by Crippen LogP contribution is 2.50. The molecule has 0 aliphatic rings. The van der Waals surface area contributed by atoms with Crippen molar-refractivity contribution in [1.82, 2.24) is 0 Å². The lowest BCUT2D eigenvalue weighted by Gasteiger charge is -1.99. The van der Waals surface area contributed by atoms with Gasteiger partial charge in [0.05, 0.1) is 19.5 Å². The first kappa shape index (κ1) is 29.2. The predicted octanol–water partition coefficient (Wildman–Crippen LogP) is 14.8. The van der Waals surface area contributed by atoms with Gasteiger partial charge >= 0.3 is 0 Å². The molecular weight excluding hydrogens is 739 g/mol. The van der Waals surface area contributed by atoms with E-state index in [0.717, 1.165) is 107 Å². The van der Waals surface area contributed by atoms with Crippen LogP contribution in [0.25, 0.3) is 91.2 Å². The maximum Gasteiger partial charge on any atom is 0.179 e. The third-order valence-electron chi connectivity index (χ3n) is 8.41. The molecule has 12 heteroatoms. The van der Waals surface area contributed by atoms with E-state index >= 15 is 17.6 Å². The Hall–Kier alpha value is -3.78. The predicted molar refractivity (Wildman–Crippen MR) is 195 cm³/mol. The van der Waals surface area contributed by atoms with Crippen LogP contribution in [0, 0.1) is 33.5 Å². The monoisotopic (exact) mass is 750 g/mol. The van der Waals surface area contributed by atoms with Crippen molar-refractivity contribution < 1.29 is 26.3 Å². The molecule has 234 valence electrons. The summed E-state index contributed by atoms with van der Waals surface area (Å²) in [4.78, 5) is 0.381. The summed E-state index contributed by atoms with van der Waals surface area (Å²) < 4.78 is 92.9. The maximum absolute atomic E-state index is 15.5. The van der Waals surface area contributed by atoms with E-state index in [1.165, 1.54) is 34.8 Å². The summed E-state index contributed by atoms with van der Waals surface area (Å²) >= 11 is 6.19. The van der Waals surface area contributed by atoms with Crippen LogP contribution in [0.1, 0.15) is 0 Å². The van der Waals surface area contributed by atoms with Crippen molar-refractivity contribution in [2.45, 2.75) is 0 Å². The van der Waals surface area contributed by atoms with E-state index in [1.807, 2.05) is 48.5 Å². The molecule has 0 saturated heterocycles. The van der Waals surface area contributed by atoms with Gasteiger partial charge in [0.25, 0.3) is 0 Å². The van der Waals surface area contributed by atoms with Crippen LogP contribution in [-0.4, -0.2) is 0 Å². The van der Waals surface area contributed by atoms with Crippen LogP contribution in [0.5, 0.6) is 0 Å². The van der Waals surface area contributed by atoms with Gasteiger partial charge in [-0.1, -0.05) is 0 Å². The Bertz CT molecular complexity index is 2640. The van der Waals surface area contributed by atoms with Crippen LogP contribution in [0.2, 0.25) is 0 Å². The molecule has 0 aliphatic carbocycles. The third kappa shape index (κ3) is 4.36. The average Bonchev–Trinajstić information content (AvgIpc) is 3.89. The Morgan fingerprint density at radius 2 is 0.583 bits per heavy atom. The molecule has 48 heavy (non-hydrogen) atoms. The average molecular weight is 751 g/mol. The molecule has 0 bridgehead atoms. The Morgan fingerprint density at radius 1 is 0.271 bits per heavy atom. The summed E-state index contributed by atoms with van der Waals surface area (Å²) in [5, 5.41) is 6.28. The van der Waals surface area contributed by atoms with Crippen molar-refractivity contribution in [2.75, 3.05) is 0 Å². The first-order valence-electron chi connectivity index (χ1n) is 14.3. The van der Waals surface area contributed by atoms with E-state index in [4.69, 9.17) is 0 Å². The molecule has 0 atom stereocenters. The fourth-order valence-electron chi connectivity index (χ4n) is 6.20. The summed E-state index contributed by atoms with van der Waals surface area (Å²) in [5.41, 5.74) is 0. The van der Waals surface area contributed by atoms with Crippen LogP contribution in [0.15, 0.2) is 72.8 Å². The maximum atomic E-state index is 15.5.